The summed E-state index contributed by atoms with van der Waals surface area (Å²) < 4.78 is 16.7. The first-order chi connectivity index (χ1) is 14.1. The van der Waals surface area contributed by atoms with Crippen LogP contribution in [0.3, 0.4) is 0 Å². The fourth-order valence-corrected chi connectivity index (χ4v) is 2.87. The normalized spacial score (nSPS) is 10.9. The number of aromatic nitrogens is 6. The molecule has 1 N–H and O–H groups in total. The van der Waals surface area contributed by atoms with E-state index < -0.39 is 0 Å². The van der Waals surface area contributed by atoms with Crippen molar-refractivity contribution in [3.05, 3.63) is 82.8 Å². The third kappa shape index (κ3) is 3.86. The number of fused-ring (bicyclic) bond motifs is 1. The molecule has 0 aliphatic carbocycles. The maximum absolute atomic E-state index is 13.9. The van der Waals surface area contributed by atoms with Crippen LogP contribution >= 0.6 is 0 Å². The van der Waals surface area contributed by atoms with E-state index in [0.717, 1.165) is 0 Å². The molecule has 0 bridgehead atoms. The third-order valence-corrected chi connectivity index (χ3v) is 4.33. The van der Waals surface area contributed by atoms with Gasteiger partial charge in [0, 0.05) is 24.5 Å². The molecule has 0 fully saturated rings. The lowest BCUT2D eigenvalue weighted by Gasteiger charge is -2.08. The van der Waals surface area contributed by atoms with Crippen molar-refractivity contribution in [2.75, 3.05) is 6.54 Å². The van der Waals surface area contributed by atoms with Crippen LogP contribution in [-0.2, 0) is 13.1 Å². The summed E-state index contributed by atoms with van der Waals surface area (Å²) in [6.07, 6.45) is 7.09. The Hall–Kier alpha value is -3.95. The zero-order valence-electron chi connectivity index (χ0n) is 15.2. The van der Waals surface area contributed by atoms with Crippen LogP contribution in [0.5, 0.6) is 0 Å². The van der Waals surface area contributed by atoms with E-state index in [1.807, 2.05) is 0 Å². The summed E-state index contributed by atoms with van der Waals surface area (Å²) in [7, 11) is 0. The first-order valence-corrected chi connectivity index (χ1v) is 8.82. The predicted molar refractivity (Wildman–Crippen MR) is 102 cm³/mol. The smallest absolute Gasteiger partial charge is 0.271 e. The number of hydrogen-bond donors (Lipinski definition) is 1. The summed E-state index contributed by atoms with van der Waals surface area (Å²) in [5.74, 6) is -0.733. The number of hydrogen-bond acceptors (Lipinski definition) is 6. The van der Waals surface area contributed by atoms with Gasteiger partial charge in [-0.05, 0) is 6.07 Å². The Kier molecular flexibility index (Phi) is 5.06. The summed E-state index contributed by atoms with van der Waals surface area (Å²) in [6.45, 7) is 0.666. The molecule has 0 saturated heterocycles. The van der Waals surface area contributed by atoms with Crippen LogP contribution in [0.1, 0.15) is 16.1 Å². The Morgan fingerprint density at radius 3 is 2.79 bits per heavy atom. The molecule has 10 heteroatoms. The highest BCUT2D eigenvalue weighted by molar-refractivity contribution is 5.91. The molecule has 0 unspecified atom stereocenters. The van der Waals surface area contributed by atoms with Gasteiger partial charge in [0.1, 0.15) is 23.2 Å². The number of nitrogens with zero attached hydrogens (tertiary/aromatic N) is 6. The van der Waals surface area contributed by atoms with E-state index in [1.165, 1.54) is 46.4 Å². The second-order valence-electron chi connectivity index (χ2n) is 6.22. The fourth-order valence-electron chi connectivity index (χ4n) is 2.87. The summed E-state index contributed by atoms with van der Waals surface area (Å²) in [4.78, 5) is 36.7. The van der Waals surface area contributed by atoms with Gasteiger partial charge in [0.15, 0.2) is 5.65 Å². The molecule has 1 amide bonds. The van der Waals surface area contributed by atoms with Gasteiger partial charge in [0.2, 0.25) is 0 Å². The van der Waals surface area contributed by atoms with Gasteiger partial charge in [-0.2, -0.15) is 5.10 Å². The van der Waals surface area contributed by atoms with E-state index >= 15 is 0 Å². The second kappa shape index (κ2) is 7.97. The van der Waals surface area contributed by atoms with Gasteiger partial charge in [-0.25, -0.2) is 19.0 Å². The third-order valence-electron chi connectivity index (χ3n) is 4.33. The highest BCUT2D eigenvalue weighted by atomic mass is 19.1. The van der Waals surface area contributed by atoms with E-state index in [4.69, 9.17) is 0 Å². The monoisotopic (exact) mass is 393 g/mol. The Labute approximate surface area is 163 Å². The lowest BCUT2D eigenvalue weighted by molar-refractivity contribution is 0.0946. The van der Waals surface area contributed by atoms with Crippen molar-refractivity contribution in [2.24, 2.45) is 0 Å². The average Bonchev–Trinajstić information content (AvgIpc) is 3.16. The molecule has 0 atom stereocenters. The number of carbonyl (C=O) groups excluding carboxylic acids is 1. The topological polar surface area (TPSA) is 108 Å². The minimum Gasteiger partial charge on any atom is -0.349 e. The molecule has 0 saturated carbocycles. The standard InChI is InChI=1S/C19H16FN7O2/c20-15-4-2-1-3-13(15)11-26-12-24-17-14(19(26)29)9-25-27(17)8-7-23-18(28)16-10-21-5-6-22-16/h1-6,9-10,12H,7-8,11H2,(H,23,28). The van der Waals surface area contributed by atoms with Crippen LogP contribution in [0, 0.1) is 5.82 Å². The lowest BCUT2D eigenvalue weighted by Crippen LogP contribution is -2.28. The minimum atomic E-state index is -0.381. The van der Waals surface area contributed by atoms with Crippen LogP contribution in [0.2, 0.25) is 0 Å². The minimum absolute atomic E-state index is 0.0772. The summed E-state index contributed by atoms with van der Waals surface area (Å²) in [6, 6.07) is 6.27. The van der Waals surface area contributed by atoms with Crippen molar-refractivity contribution >= 4 is 16.9 Å². The van der Waals surface area contributed by atoms with Crippen molar-refractivity contribution < 1.29 is 9.18 Å². The molecule has 3 aromatic heterocycles. The van der Waals surface area contributed by atoms with Gasteiger partial charge in [0.05, 0.1) is 25.5 Å². The molecule has 0 radical (unpaired) electrons. The van der Waals surface area contributed by atoms with Crippen molar-refractivity contribution in [2.45, 2.75) is 13.1 Å². The summed E-state index contributed by atoms with van der Waals surface area (Å²) in [5, 5.41) is 7.21. The van der Waals surface area contributed by atoms with E-state index in [0.29, 0.717) is 23.1 Å². The Morgan fingerprint density at radius 2 is 2.00 bits per heavy atom. The van der Waals surface area contributed by atoms with Crippen LogP contribution in [-0.4, -0.2) is 41.8 Å². The van der Waals surface area contributed by atoms with Crippen LogP contribution in [0.4, 0.5) is 4.39 Å². The quantitative estimate of drug-likeness (QED) is 0.524. The maximum Gasteiger partial charge on any atom is 0.271 e. The Morgan fingerprint density at radius 1 is 1.14 bits per heavy atom. The molecular weight excluding hydrogens is 377 g/mol. The number of benzene rings is 1. The van der Waals surface area contributed by atoms with Crippen molar-refractivity contribution in [3.8, 4) is 0 Å². The Balaban J connectivity index is 1.48. The van der Waals surface area contributed by atoms with Crippen LogP contribution in [0.15, 0.2) is 60.2 Å². The fraction of sp³-hybridized carbons (Fsp3) is 0.158. The van der Waals surface area contributed by atoms with Crippen molar-refractivity contribution in [3.63, 3.8) is 0 Å². The number of carbonyl (C=O) groups is 1. The number of halogens is 1. The summed E-state index contributed by atoms with van der Waals surface area (Å²) >= 11 is 0. The average molecular weight is 393 g/mol. The number of nitrogens with one attached hydrogen (secondary N) is 1. The Bertz CT molecular complexity index is 1220. The van der Waals surface area contributed by atoms with E-state index in [9.17, 15) is 14.0 Å². The molecule has 0 aliphatic rings. The van der Waals surface area contributed by atoms with Crippen molar-refractivity contribution in [1.82, 2.24) is 34.6 Å². The molecule has 0 aliphatic heterocycles. The SMILES string of the molecule is O=C(NCCn1ncc2c(=O)n(Cc3ccccc3F)cnc21)c1cnccn1. The van der Waals surface area contributed by atoms with Gasteiger partial charge in [0.25, 0.3) is 11.5 Å². The second-order valence-corrected chi connectivity index (χ2v) is 6.22. The van der Waals surface area contributed by atoms with Gasteiger partial charge in [-0.15, -0.1) is 0 Å². The van der Waals surface area contributed by atoms with Gasteiger partial charge >= 0.3 is 0 Å². The molecule has 3 heterocycles. The van der Waals surface area contributed by atoms with E-state index in [2.05, 4.69) is 25.4 Å². The van der Waals surface area contributed by atoms with Gasteiger partial charge in [-0.3, -0.25) is 19.1 Å². The zero-order chi connectivity index (χ0) is 20.2. The first-order valence-electron chi connectivity index (χ1n) is 8.82. The summed E-state index contributed by atoms with van der Waals surface area (Å²) in [5.41, 5.74) is 0.698. The van der Waals surface area contributed by atoms with Gasteiger partial charge < -0.3 is 5.32 Å². The molecular formula is C19H16FN7O2. The molecule has 0 spiro atoms. The zero-order valence-corrected chi connectivity index (χ0v) is 15.2. The lowest BCUT2D eigenvalue weighted by atomic mass is 10.2. The number of amides is 1. The van der Waals surface area contributed by atoms with E-state index in [1.54, 1.807) is 18.2 Å². The molecule has 29 heavy (non-hydrogen) atoms. The molecule has 4 rings (SSSR count). The van der Waals surface area contributed by atoms with Crippen LogP contribution in [0.25, 0.3) is 11.0 Å². The first kappa shape index (κ1) is 18.4. The van der Waals surface area contributed by atoms with E-state index in [-0.39, 0.29) is 36.1 Å². The maximum atomic E-state index is 13.9. The molecule has 9 nitrogen and oxygen atoms in total. The molecule has 146 valence electrons. The highest BCUT2D eigenvalue weighted by Crippen LogP contribution is 2.09. The van der Waals surface area contributed by atoms with Crippen molar-refractivity contribution in [1.29, 1.82) is 0 Å². The molecule has 4 aromatic rings. The van der Waals surface area contributed by atoms with Crippen LogP contribution < -0.4 is 10.9 Å². The predicted octanol–water partition coefficient (Wildman–Crippen LogP) is 1.00. The largest absolute Gasteiger partial charge is 0.349 e. The highest BCUT2D eigenvalue weighted by Gasteiger charge is 2.12. The van der Waals surface area contributed by atoms with Gasteiger partial charge in [-0.1, -0.05) is 18.2 Å². The molecule has 1 aromatic carbocycles. The number of rotatable bonds is 6.